The molecule has 15 heavy (non-hydrogen) atoms. The lowest BCUT2D eigenvalue weighted by Gasteiger charge is -2.21. The summed E-state index contributed by atoms with van der Waals surface area (Å²) in [6.45, 7) is 4.99. The fourth-order valence-corrected chi connectivity index (χ4v) is 2.06. The summed E-state index contributed by atoms with van der Waals surface area (Å²) >= 11 is 1.61. The van der Waals surface area contributed by atoms with Crippen LogP contribution in [0.25, 0.3) is 0 Å². The van der Waals surface area contributed by atoms with Gasteiger partial charge in [0, 0.05) is 4.88 Å². The number of hydrogen-bond acceptors (Lipinski definition) is 3. The molecule has 0 aromatic carbocycles. The molecule has 0 aliphatic carbocycles. The highest BCUT2D eigenvalue weighted by Gasteiger charge is 2.26. The van der Waals surface area contributed by atoms with Crippen LogP contribution in [-0.2, 0) is 4.79 Å². The second-order valence-corrected chi connectivity index (χ2v) is 4.99. The number of hydrogen-bond donors (Lipinski definition) is 2. The lowest BCUT2D eigenvalue weighted by atomic mass is 10.1. The van der Waals surface area contributed by atoms with Gasteiger partial charge in [-0.1, -0.05) is 13.0 Å². The van der Waals surface area contributed by atoms with Gasteiger partial charge in [0.15, 0.2) is 0 Å². The first-order valence-electron chi connectivity index (χ1n) is 5.02. The van der Waals surface area contributed by atoms with Crippen molar-refractivity contribution >= 4 is 17.2 Å². The standard InChI is InChI=1S/C11H17NO2S/c1-4-8(9-6-5-7-15-9)12-10(13)11(2,3)14/h5-8,14H,4H2,1-3H3,(H,12,13). The van der Waals surface area contributed by atoms with Crippen molar-refractivity contribution in [2.45, 2.75) is 38.8 Å². The van der Waals surface area contributed by atoms with E-state index in [0.29, 0.717) is 0 Å². The van der Waals surface area contributed by atoms with Crippen LogP contribution in [0, 0.1) is 0 Å². The van der Waals surface area contributed by atoms with Gasteiger partial charge in [0.25, 0.3) is 5.91 Å². The first-order chi connectivity index (χ1) is 6.95. The molecule has 1 unspecified atom stereocenters. The van der Waals surface area contributed by atoms with Crippen molar-refractivity contribution in [2.75, 3.05) is 0 Å². The van der Waals surface area contributed by atoms with E-state index >= 15 is 0 Å². The highest BCUT2D eigenvalue weighted by molar-refractivity contribution is 7.10. The second-order valence-electron chi connectivity index (χ2n) is 4.01. The molecule has 1 rings (SSSR count). The van der Waals surface area contributed by atoms with E-state index in [9.17, 15) is 9.90 Å². The summed E-state index contributed by atoms with van der Waals surface area (Å²) in [5.41, 5.74) is -1.31. The number of amides is 1. The minimum atomic E-state index is -1.31. The third-order valence-corrected chi connectivity index (χ3v) is 3.14. The van der Waals surface area contributed by atoms with Crippen LogP contribution in [0.1, 0.15) is 38.1 Å². The van der Waals surface area contributed by atoms with Crippen LogP contribution < -0.4 is 5.32 Å². The van der Waals surface area contributed by atoms with Gasteiger partial charge in [-0.3, -0.25) is 4.79 Å². The summed E-state index contributed by atoms with van der Waals surface area (Å²) in [5.74, 6) is -0.331. The van der Waals surface area contributed by atoms with E-state index in [2.05, 4.69) is 5.32 Å². The minimum absolute atomic E-state index is 0.00363. The quantitative estimate of drug-likeness (QED) is 0.827. The smallest absolute Gasteiger partial charge is 0.251 e. The largest absolute Gasteiger partial charge is 0.381 e. The zero-order chi connectivity index (χ0) is 11.5. The average Bonchev–Trinajstić information content (AvgIpc) is 2.64. The Morgan fingerprint density at radius 1 is 1.67 bits per heavy atom. The van der Waals surface area contributed by atoms with Gasteiger partial charge in [-0.2, -0.15) is 0 Å². The molecule has 0 radical (unpaired) electrons. The molecule has 0 aliphatic heterocycles. The summed E-state index contributed by atoms with van der Waals surface area (Å²) < 4.78 is 0. The number of aliphatic hydroxyl groups is 1. The summed E-state index contributed by atoms with van der Waals surface area (Å²) in [6, 6.07) is 3.95. The Morgan fingerprint density at radius 3 is 2.73 bits per heavy atom. The predicted octanol–water partition coefficient (Wildman–Crippen LogP) is 2.09. The summed E-state index contributed by atoms with van der Waals surface area (Å²) in [5, 5.41) is 14.3. The Kier molecular flexibility index (Phi) is 3.88. The van der Waals surface area contributed by atoms with Crippen molar-refractivity contribution in [3.8, 4) is 0 Å². The van der Waals surface area contributed by atoms with Crippen molar-refractivity contribution in [1.29, 1.82) is 0 Å². The SMILES string of the molecule is CCC(NC(=O)C(C)(C)O)c1cccs1. The molecule has 2 N–H and O–H groups in total. The highest BCUT2D eigenvalue weighted by atomic mass is 32.1. The van der Waals surface area contributed by atoms with Crippen molar-refractivity contribution in [3.05, 3.63) is 22.4 Å². The van der Waals surface area contributed by atoms with Crippen LogP contribution in [0.15, 0.2) is 17.5 Å². The third-order valence-electron chi connectivity index (χ3n) is 2.16. The van der Waals surface area contributed by atoms with Gasteiger partial charge in [0.1, 0.15) is 5.60 Å². The molecule has 1 amide bonds. The Hall–Kier alpha value is -0.870. The predicted molar refractivity (Wildman–Crippen MR) is 61.8 cm³/mol. The van der Waals surface area contributed by atoms with Crippen LogP contribution in [0.2, 0.25) is 0 Å². The van der Waals surface area contributed by atoms with Crippen molar-refractivity contribution in [3.63, 3.8) is 0 Å². The molecule has 0 bridgehead atoms. The van der Waals surface area contributed by atoms with E-state index < -0.39 is 5.60 Å². The molecule has 1 heterocycles. The Balaban J connectivity index is 2.67. The summed E-state index contributed by atoms with van der Waals surface area (Å²) in [4.78, 5) is 12.7. The molecule has 1 aromatic rings. The number of thiophene rings is 1. The number of carbonyl (C=O) groups excluding carboxylic acids is 1. The van der Waals surface area contributed by atoms with Crippen LogP contribution in [0.4, 0.5) is 0 Å². The fourth-order valence-electron chi connectivity index (χ4n) is 1.20. The van der Waals surface area contributed by atoms with Crippen LogP contribution in [0.5, 0.6) is 0 Å². The van der Waals surface area contributed by atoms with Crippen molar-refractivity contribution < 1.29 is 9.90 Å². The van der Waals surface area contributed by atoms with E-state index in [1.54, 1.807) is 11.3 Å². The average molecular weight is 227 g/mol. The molecule has 1 aromatic heterocycles. The molecule has 0 saturated heterocycles. The van der Waals surface area contributed by atoms with E-state index in [1.165, 1.54) is 13.8 Å². The lowest BCUT2D eigenvalue weighted by molar-refractivity contribution is -0.137. The fraction of sp³-hybridized carbons (Fsp3) is 0.545. The Morgan fingerprint density at radius 2 is 2.33 bits per heavy atom. The third kappa shape index (κ3) is 3.32. The maximum absolute atomic E-state index is 11.6. The molecule has 84 valence electrons. The molecule has 3 nitrogen and oxygen atoms in total. The van der Waals surface area contributed by atoms with Crippen LogP contribution >= 0.6 is 11.3 Å². The van der Waals surface area contributed by atoms with Gasteiger partial charge in [0.05, 0.1) is 6.04 Å². The summed E-state index contributed by atoms with van der Waals surface area (Å²) in [7, 11) is 0. The van der Waals surface area contributed by atoms with E-state index in [1.807, 2.05) is 24.4 Å². The van der Waals surface area contributed by atoms with Gasteiger partial charge in [0.2, 0.25) is 0 Å². The number of carbonyl (C=O) groups is 1. The highest BCUT2D eigenvalue weighted by Crippen LogP contribution is 2.22. The monoisotopic (exact) mass is 227 g/mol. The minimum Gasteiger partial charge on any atom is -0.381 e. The number of rotatable bonds is 4. The molecular weight excluding hydrogens is 210 g/mol. The molecular formula is C11H17NO2S. The molecule has 4 heteroatoms. The van der Waals surface area contributed by atoms with Gasteiger partial charge < -0.3 is 10.4 Å². The molecule has 0 fully saturated rings. The second kappa shape index (κ2) is 4.77. The molecule has 0 spiro atoms. The first-order valence-corrected chi connectivity index (χ1v) is 5.90. The van der Waals surface area contributed by atoms with Gasteiger partial charge in [-0.15, -0.1) is 11.3 Å². The number of nitrogens with one attached hydrogen (secondary N) is 1. The lowest BCUT2D eigenvalue weighted by Crippen LogP contribution is -2.43. The van der Waals surface area contributed by atoms with Gasteiger partial charge in [-0.25, -0.2) is 0 Å². The maximum atomic E-state index is 11.6. The van der Waals surface area contributed by atoms with Crippen LogP contribution in [0.3, 0.4) is 0 Å². The summed E-state index contributed by atoms with van der Waals surface area (Å²) in [6.07, 6.45) is 0.822. The topological polar surface area (TPSA) is 49.3 Å². The molecule has 0 aliphatic rings. The van der Waals surface area contributed by atoms with Crippen LogP contribution in [-0.4, -0.2) is 16.6 Å². The maximum Gasteiger partial charge on any atom is 0.251 e. The van der Waals surface area contributed by atoms with Crippen molar-refractivity contribution in [1.82, 2.24) is 5.32 Å². The van der Waals surface area contributed by atoms with Crippen molar-refractivity contribution in [2.24, 2.45) is 0 Å². The van der Waals surface area contributed by atoms with E-state index in [0.717, 1.165) is 11.3 Å². The van der Waals surface area contributed by atoms with Gasteiger partial charge >= 0.3 is 0 Å². The zero-order valence-electron chi connectivity index (χ0n) is 9.28. The van der Waals surface area contributed by atoms with Gasteiger partial charge in [-0.05, 0) is 31.7 Å². The van der Waals surface area contributed by atoms with E-state index in [4.69, 9.17) is 0 Å². The Bertz CT molecular complexity index is 314. The van der Waals surface area contributed by atoms with E-state index in [-0.39, 0.29) is 11.9 Å². The molecule has 1 atom stereocenters. The Labute approximate surface area is 94.1 Å². The molecule has 0 saturated carbocycles. The zero-order valence-corrected chi connectivity index (χ0v) is 10.1. The normalized spacial score (nSPS) is 13.6. The first kappa shape index (κ1) is 12.2.